The SMILES string of the molecule is CCOCCCNC(=O)Cn1ncc2c(C)n(Cc3cccc(Cl)c3)c(C)c2c1=O. The summed E-state index contributed by atoms with van der Waals surface area (Å²) in [4.78, 5) is 25.2. The highest BCUT2D eigenvalue weighted by atomic mass is 35.5. The first-order valence-corrected chi connectivity index (χ1v) is 10.4. The van der Waals surface area contributed by atoms with Crippen LogP contribution in [0.4, 0.5) is 0 Å². The summed E-state index contributed by atoms with van der Waals surface area (Å²) < 4.78 is 8.55. The molecule has 1 aromatic carbocycles. The molecule has 1 N–H and O–H groups in total. The van der Waals surface area contributed by atoms with Gasteiger partial charge >= 0.3 is 0 Å². The van der Waals surface area contributed by atoms with Crippen LogP contribution in [0.1, 0.15) is 30.3 Å². The molecule has 2 aromatic heterocycles. The maximum atomic E-state index is 13.0. The fourth-order valence-electron chi connectivity index (χ4n) is 3.55. The Kier molecular flexibility index (Phi) is 7.29. The number of fused-ring (bicyclic) bond motifs is 1. The number of hydrogen-bond donors (Lipinski definition) is 1. The van der Waals surface area contributed by atoms with Crippen LogP contribution < -0.4 is 10.9 Å². The Labute approximate surface area is 180 Å². The molecule has 7 nitrogen and oxygen atoms in total. The molecule has 0 bridgehead atoms. The van der Waals surface area contributed by atoms with Gasteiger partial charge in [0.1, 0.15) is 6.54 Å². The van der Waals surface area contributed by atoms with E-state index in [0.717, 1.165) is 28.8 Å². The number of aryl methyl sites for hydroxylation is 2. The topological polar surface area (TPSA) is 78.2 Å². The number of halogens is 1. The van der Waals surface area contributed by atoms with Crippen molar-refractivity contribution in [2.75, 3.05) is 19.8 Å². The van der Waals surface area contributed by atoms with Gasteiger partial charge in [-0.1, -0.05) is 23.7 Å². The minimum absolute atomic E-state index is 0.110. The van der Waals surface area contributed by atoms with Crippen LogP contribution in [0, 0.1) is 13.8 Å². The largest absolute Gasteiger partial charge is 0.382 e. The lowest BCUT2D eigenvalue weighted by Crippen LogP contribution is -2.34. The maximum absolute atomic E-state index is 13.0. The molecule has 0 fully saturated rings. The molecule has 0 saturated carbocycles. The molecule has 160 valence electrons. The van der Waals surface area contributed by atoms with Crippen molar-refractivity contribution in [1.82, 2.24) is 19.7 Å². The second kappa shape index (κ2) is 9.91. The quantitative estimate of drug-likeness (QED) is 0.529. The molecule has 0 saturated heterocycles. The fraction of sp³-hybridized carbons (Fsp3) is 0.409. The van der Waals surface area contributed by atoms with Crippen LogP contribution >= 0.6 is 11.6 Å². The number of amides is 1. The Morgan fingerprint density at radius 1 is 1.27 bits per heavy atom. The molecule has 0 aliphatic heterocycles. The Balaban J connectivity index is 1.81. The van der Waals surface area contributed by atoms with Gasteiger partial charge in [-0.2, -0.15) is 5.10 Å². The zero-order chi connectivity index (χ0) is 21.7. The molecule has 0 aliphatic carbocycles. The van der Waals surface area contributed by atoms with E-state index in [1.165, 1.54) is 4.68 Å². The summed E-state index contributed by atoms with van der Waals surface area (Å²) in [6.07, 6.45) is 2.39. The smallest absolute Gasteiger partial charge is 0.276 e. The van der Waals surface area contributed by atoms with E-state index in [4.69, 9.17) is 16.3 Å². The third kappa shape index (κ3) is 4.91. The number of aromatic nitrogens is 3. The molecule has 3 rings (SSSR count). The van der Waals surface area contributed by atoms with E-state index in [9.17, 15) is 9.59 Å². The summed E-state index contributed by atoms with van der Waals surface area (Å²) in [5.74, 6) is -0.242. The summed E-state index contributed by atoms with van der Waals surface area (Å²) in [6.45, 7) is 8.06. The molecule has 30 heavy (non-hydrogen) atoms. The van der Waals surface area contributed by atoms with E-state index < -0.39 is 0 Å². The van der Waals surface area contributed by atoms with Crippen LogP contribution in [0.5, 0.6) is 0 Å². The number of nitrogens with zero attached hydrogens (tertiary/aromatic N) is 3. The minimum Gasteiger partial charge on any atom is -0.382 e. The number of carbonyl (C=O) groups excluding carboxylic acids is 1. The van der Waals surface area contributed by atoms with Crippen LogP contribution in [0.25, 0.3) is 10.8 Å². The highest BCUT2D eigenvalue weighted by Gasteiger charge is 2.17. The number of benzene rings is 1. The summed E-state index contributed by atoms with van der Waals surface area (Å²) in [7, 11) is 0. The molecule has 1 amide bonds. The molecule has 0 unspecified atom stereocenters. The second-order valence-corrected chi connectivity index (χ2v) is 7.62. The Morgan fingerprint density at radius 3 is 2.80 bits per heavy atom. The lowest BCUT2D eigenvalue weighted by molar-refractivity contribution is -0.121. The average Bonchev–Trinajstić information content (AvgIpc) is 2.95. The predicted molar refractivity (Wildman–Crippen MR) is 118 cm³/mol. The summed E-state index contributed by atoms with van der Waals surface area (Å²) >= 11 is 6.11. The van der Waals surface area contributed by atoms with Gasteiger partial charge < -0.3 is 14.6 Å². The van der Waals surface area contributed by atoms with Crippen molar-refractivity contribution in [3.05, 3.63) is 62.8 Å². The molecule has 0 atom stereocenters. The average molecular weight is 431 g/mol. The van der Waals surface area contributed by atoms with Crippen molar-refractivity contribution in [2.24, 2.45) is 0 Å². The van der Waals surface area contributed by atoms with Gasteiger partial charge in [-0.05, 0) is 44.9 Å². The van der Waals surface area contributed by atoms with Crippen LogP contribution in [-0.4, -0.2) is 40.0 Å². The van der Waals surface area contributed by atoms with Crippen molar-refractivity contribution in [3.63, 3.8) is 0 Å². The van der Waals surface area contributed by atoms with Gasteiger partial charge in [-0.25, -0.2) is 4.68 Å². The normalized spacial score (nSPS) is 11.2. The summed E-state index contributed by atoms with van der Waals surface area (Å²) in [5, 5.41) is 9.09. The first kappa shape index (κ1) is 22.1. The Hall–Kier alpha value is -2.64. The van der Waals surface area contributed by atoms with E-state index >= 15 is 0 Å². The van der Waals surface area contributed by atoms with Gasteiger partial charge in [0.2, 0.25) is 5.91 Å². The fourth-order valence-corrected chi connectivity index (χ4v) is 3.76. The molecule has 0 radical (unpaired) electrons. The van der Waals surface area contributed by atoms with Crippen LogP contribution in [0.15, 0.2) is 35.3 Å². The lowest BCUT2D eigenvalue weighted by atomic mass is 10.2. The Bertz CT molecular complexity index is 1100. The molecular weight excluding hydrogens is 404 g/mol. The zero-order valence-electron chi connectivity index (χ0n) is 17.6. The third-order valence-electron chi connectivity index (χ3n) is 5.12. The van der Waals surface area contributed by atoms with Gasteiger partial charge in [0.25, 0.3) is 5.56 Å². The van der Waals surface area contributed by atoms with E-state index in [1.54, 1.807) is 6.20 Å². The number of nitrogens with one attached hydrogen (secondary N) is 1. The Morgan fingerprint density at radius 2 is 2.07 bits per heavy atom. The first-order chi connectivity index (χ1) is 14.4. The molecule has 0 aliphatic rings. The first-order valence-electron chi connectivity index (χ1n) is 10.1. The van der Waals surface area contributed by atoms with Crippen molar-refractivity contribution < 1.29 is 9.53 Å². The van der Waals surface area contributed by atoms with Crippen molar-refractivity contribution in [1.29, 1.82) is 0 Å². The zero-order valence-corrected chi connectivity index (χ0v) is 18.3. The van der Waals surface area contributed by atoms with Crippen LogP contribution in [-0.2, 0) is 22.6 Å². The molecule has 2 heterocycles. The summed E-state index contributed by atoms with van der Waals surface area (Å²) in [5.41, 5.74) is 2.59. The third-order valence-corrected chi connectivity index (χ3v) is 5.36. The predicted octanol–water partition coefficient (Wildman–Crippen LogP) is 3.06. The van der Waals surface area contributed by atoms with Gasteiger partial charge in [0.15, 0.2) is 0 Å². The van der Waals surface area contributed by atoms with Gasteiger partial charge in [-0.3, -0.25) is 9.59 Å². The molecule has 3 aromatic rings. The maximum Gasteiger partial charge on any atom is 0.276 e. The standard InChI is InChI=1S/C22H27ClN4O3/c1-4-30-10-6-9-24-20(28)14-27-22(29)21-16(3)26(15(2)19(21)12-25-27)13-17-7-5-8-18(23)11-17/h5,7-8,11-12H,4,6,9-10,13-14H2,1-3H3,(H,24,28). The van der Waals surface area contributed by atoms with E-state index in [-0.39, 0.29) is 18.0 Å². The number of ether oxygens (including phenoxy) is 1. The summed E-state index contributed by atoms with van der Waals surface area (Å²) in [6, 6.07) is 7.66. The van der Waals surface area contributed by atoms with Gasteiger partial charge in [0, 0.05) is 48.1 Å². The van der Waals surface area contributed by atoms with E-state index in [1.807, 2.05) is 45.0 Å². The number of carbonyl (C=O) groups is 1. The van der Waals surface area contributed by atoms with Crippen molar-refractivity contribution in [3.8, 4) is 0 Å². The molecule has 8 heteroatoms. The van der Waals surface area contributed by atoms with Gasteiger partial charge in [0.05, 0.1) is 11.6 Å². The second-order valence-electron chi connectivity index (χ2n) is 7.18. The van der Waals surface area contributed by atoms with Crippen molar-refractivity contribution in [2.45, 2.75) is 40.3 Å². The molecular formula is C22H27ClN4O3. The highest BCUT2D eigenvalue weighted by molar-refractivity contribution is 6.30. The lowest BCUT2D eigenvalue weighted by Gasteiger charge is -2.09. The number of hydrogen-bond acceptors (Lipinski definition) is 4. The molecule has 0 spiro atoms. The van der Waals surface area contributed by atoms with E-state index in [2.05, 4.69) is 15.0 Å². The van der Waals surface area contributed by atoms with Crippen LogP contribution in [0.3, 0.4) is 0 Å². The minimum atomic E-state index is -0.262. The monoisotopic (exact) mass is 430 g/mol. The number of rotatable bonds is 9. The van der Waals surface area contributed by atoms with E-state index in [0.29, 0.717) is 36.7 Å². The van der Waals surface area contributed by atoms with Crippen LogP contribution in [0.2, 0.25) is 5.02 Å². The highest BCUT2D eigenvalue weighted by Crippen LogP contribution is 2.23. The van der Waals surface area contributed by atoms with Gasteiger partial charge in [-0.15, -0.1) is 0 Å². The van der Waals surface area contributed by atoms with Crippen molar-refractivity contribution >= 4 is 28.3 Å².